The highest BCUT2D eigenvalue weighted by Gasteiger charge is 2.28. The van der Waals surface area contributed by atoms with Gasteiger partial charge in [-0.25, -0.2) is 15.0 Å². The number of rotatable bonds is 3. The Hall–Kier alpha value is -2.22. The normalized spacial score (nSPS) is 16.4. The smallest absolute Gasteiger partial charge is 0.257 e. The standard InChI is InChI=1S/C17H21N5O2S/c1-5-13-11(4)20-17-22(15(13)24)7-12(8-25-17)14(23)21-16-18-9(2)6-10(3)19-16/h6,12H,5,7-8H2,1-4H3,(H,18,19,21,23). The molecule has 0 spiro atoms. The molecule has 1 unspecified atom stereocenters. The number of hydrogen-bond acceptors (Lipinski definition) is 6. The van der Waals surface area contributed by atoms with Crippen LogP contribution in [0, 0.1) is 26.7 Å². The summed E-state index contributed by atoms with van der Waals surface area (Å²) >= 11 is 1.44. The molecule has 1 atom stereocenters. The van der Waals surface area contributed by atoms with E-state index in [1.54, 1.807) is 4.57 Å². The highest BCUT2D eigenvalue weighted by atomic mass is 32.2. The summed E-state index contributed by atoms with van der Waals surface area (Å²) < 4.78 is 1.62. The lowest BCUT2D eigenvalue weighted by atomic mass is 10.1. The van der Waals surface area contributed by atoms with Gasteiger partial charge < -0.3 is 0 Å². The molecule has 1 N–H and O–H groups in total. The molecule has 0 bridgehead atoms. The molecule has 1 amide bonds. The molecule has 0 saturated heterocycles. The molecule has 0 aliphatic carbocycles. The Kier molecular flexibility index (Phi) is 4.89. The first-order valence-electron chi connectivity index (χ1n) is 8.25. The highest BCUT2D eigenvalue weighted by Crippen LogP contribution is 2.26. The number of fused-ring (bicyclic) bond motifs is 1. The third kappa shape index (κ3) is 3.58. The van der Waals surface area contributed by atoms with Crippen LogP contribution in [0.2, 0.25) is 0 Å². The van der Waals surface area contributed by atoms with Gasteiger partial charge in [0.05, 0.1) is 5.92 Å². The molecule has 0 saturated carbocycles. The number of aryl methyl sites for hydroxylation is 3. The Bertz CT molecular complexity index is 873. The fourth-order valence-electron chi connectivity index (χ4n) is 2.96. The van der Waals surface area contributed by atoms with Gasteiger partial charge in [0.2, 0.25) is 11.9 Å². The second kappa shape index (κ2) is 6.95. The molecule has 0 aromatic carbocycles. The van der Waals surface area contributed by atoms with E-state index in [2.05, 4.69) is 20.3 Å². The van der Waals surface area contributed by atoms with Gasteiger partial charge in [-0.3, -0.25) is 19.5 Å². The molecule has 0 radical (unpaired) electrons. The summed E-state index contributed by atoms with van der Waals surface area (Å²) in [5, 5.41) is 3.46. The number of thioether (sulfide) groups is 1. The van der Waals surface area contributed by atoms with E-state index in [0.717, 1.165) is 17.1 Å². The largest absolute Gasteiger partial charge is 0.294 e. The Morgan fingerprint density at radius 1 is 1.28 bits per heavy atom. The van der Waals surface area contributed by atoms with Gasteiger partial charge in [0.25, 0.3) is 5.56 Å². The molecular weight excluding hydrogens is 338 g/mol. The number of hydrogen-bond donors (Lipinski definition) is 1. The molecule has 0 fully saturated rings. The van der Waals surface area contributed by atoms with Gasteiger partial charge in [-0.1, -0.05) is 18.7 Å². The zero-order chi connectivity index (χ0) is 18.1. The minimum absolute atomic E-state index is 0.0438. The van der Waals surface area contributed by atoms with E-state index < -0.39 is 0 Å². The quantitative estimate of drug-likeness (QED) is 0.842. The predicted octanol–water partition coefficient (Wildman–Crippen LogP) is 1.88. The van der Waals surface area contributed by atoms with E-state index in [1.807, 2.05) is 33.8 Å². The van der Waals surface area contributed by atoms with E-state index in [0.29, 0.717) is 35.4 Å². The van der Waals surface area contributed by atoms with Gasteiger partial charge in [-0.2, -0.15) is 0 Å². The lowest BCUT2D eigenvalue weighted by Crippen LogP contribution is -2.38. The van der Waals surface area contributed by atoms with Gasteiger partial charge in [0, 0.05) is 34.9 Å². The van der Waals surface area contributed by atoms with Crippen molar-refractivity contribution in [3.63, 3.8) is 0 Å². The minimum atomic E-state index is -0.325. The zero-order valence-electron chi connectivity index (χ0n) is 14.8. The van der Waals surface area contributed by atoms with Crippen LogP contribution in [0.25, 0.3) is 0 Å². The van der Waals surface area contributed by atoms with Crippen LogP contribution < -0.4 is 10.9 Å². The average molecular weight is 359 g/mol. The molecule has 25 heavy (non-hydrogen) atoms. The monoisotopic (exact) mass is 359 g/mol. The predicted molar refractivity (Wildman–Crippen MR) is 97.0 cm³/mol. The van der Waals surface area contributed by atoms with Crippen LogP contribution in [0.1, 0.15) is 29.6 Å². The SMILES string of the molecule is CCc1c(C)nc2n(c1=O)CC(C(=O)Nc1nc(C)cc(C)n1)CS2. The van der Waals surface area contributed by atoms with Crippen molar-refractivity contribution in [3.05, 3.63) is 39.1 Å². The summed E-state index contributed by atoms with van der Waals surface area (Å²) in [7, 11) is 0. The Labute approximate surface area is 150 Å². The van der Waals surface area contributed by atoms with E-state index in [1.165, 1.54) is 11.8 Å². The van der Waals surface area contributed by atoms with E-state index >= 15 is 0 Å². The molecular formula is C17H21N5O2S. The maximum absolute atomic E-state index is 12.6. The van der Waals surface area contributed by atoms with Crippen molar-refractivity contribution in [2.24, 2.45) is 5.92 Å². The van der Waals surface area contributed by atoms with Crippen molar-refractivity contribution in [2.45, 2.75) is 45.8 Å². The van der Waals surface area contributed by atoms with Crippen LogP contribution in [0.15, 0.2) is 16.0 Å². The first-order chi connectivity index (χ1) is 11.9. The van der Waals surface area contributed by atoms with Crippen LogP contribution in [-0.4, -0.2) is 31.2 Å². The van der Waals surface area contributed by atoms with Crippen molar-refractivity contribution in [3.8, 4) is 0 Å². The Morgan fingerprint density at radius 2 is 1.96 bits per heavy atom. The van der Waals surface area contributed by atoms with Gasteiger partial charge in [0.1, 0.15) is 0 Å². The van der Waals surface area contributed by atoms with Crippen LogP contribution in [0.4, 0.5) is 5.95 Å². The molecule has 7 nitrogen and oxygen atoms in total. The van der Waals surface area contributed by atoms with Crippen LogP contribution in [0.3, 0.4) is 0 Å². The molecule has 3 rings (SSSR count). The summed E-state index contributed by atoms with van der Waals surface area (Å²) in [5.74, 6) is 0.387. The average Bonchev–Trinajstić information content (AvgIpc) is 2.54. The van der Waals surface area contributed by atoms with E-state index in [-0.39, 0.29) is 17.4 Å². The maximum atomic E-state index is 12.6. The Balaban J connectivity index is 1.82. The van der Waals surface area contributed by atoms with Crippen LogP contribution in [0.5, 0.6) is 0 Å². The van der Waals surface area contributed by atoms with Gasteiger partial charge in [0.15, 0.2) is 5.16 Å². The number of carbonyl (C=O) groups excluding carboxylic acids is 1. The lowest BCUT2D eigenvalue weighted by molar-refractivity contribution is -0.119. The molecule has 1 aliphatic heterocycles. The van der Waals surface area contributed by atoms with E-state index in [9.17, 15) is 9.59 Å². The summed E-state index contributed by atoms with van der Waals surface area (Å²) in [6.45, 7) is 7.85. The summed E-state index contributed by atoms with van der Waals surface area (Å²) in [5.41, 5.74) is 3.04. The van der Waals surface area contributed by atoms with Crippen molar-refractivity contribution in [1.82, 2.24) is 19.5 Å². The summed E-state index contributed by atoms with van der Waals surface area (Å²) in [6.07, 6.45) is 0.635. The number of amides is 1. The second-order valence-corrected chi connectivity index (χ2v) is 7.19. The Morgan fingerprint density at radius 3 is 2.60 bits per heavy atom. The summed E-state index contributed by atoms with van der Waals surface area (Å²) in [4.78, 5) is 38.2. The van der Waals surface area contributed by atoms with Gasteiger partial charge in [-0.05, 0) is 33.3 Å². The topological polar surface area (TPSA) is 89.8 Å². The fourth-order valence-corrected chi connectivity index (χ4v) is 4.08. The zero-order valence-corrected chi connectivity index (χ0v) is 15.6. The first kappa shape index (κ1) is 17.6. The molecule has 3 heterocycles. The molecule has 1 aliphatic rings. The highest BCUT2D eigenvalue weighted by molar-refractivity contribution is 7.99. The van der Waals surface area contributed by atoms with Gasteiger partial charge in [-0.15, -0.1) is 0 Å². The summed E-state index contributed by atoms with van der Waals surface area (Å²) in [6, 6.07) is 1.85. The van der Waals surface area contributed by atoms with Crippen molar-refractivity contribution in [1.29, 1.82) is 0 Å². The lowest BCUT2D eigenvalue weighted by Gasteiger charge is -2.25. The number of anilines is 1. The first-order valence-corrected chi connectivity index (χ1v) is 9.23. The molecule has 2 aromatic rings. The van der Waals surface area contributed by atoms with Crippen LogP contribution in [-0.2, 0) is 17.8 Å². The molecule has 132 valence electrons. The number of nitrogens with one attached hydrogen (secondary N) is 1. The molecule has 2 aromatic heterocycles. The second-order valence-electron chi connectivity index (χ2n) is 6.20. The molecule has 8 heteroatoms. The fraction of sp³-hybridized carbons (Fsp3) is 0.471. The third-order valence-corrected chi connectivity index (χ3v) is 5.33. The van der Waals surface area contributed by atoms with Crippen molar-refractivity contribution >= 4 is 23.6 Å². The van der Waals surface area contributed by atoms with Crippen LogP contribution >= 0.6 is 11.8 Å². The van der Waals surface area contributed by atoms with Gasteiger partial charge >= 0.3 is 0 Å². The maximum Gasteiger partial charge on any atom is 0.257 e. The van der Waals surface area contributed by atoms with Crippen molar-refractivity contribution in [2.75, 3.05) is 11.1 Å². The number of nitrogens with zero attached hydrogens (tertiary/aromatic N) is 4. The van der Waals surface area contributed by atoms with Crippen molar-refractivity contribution < 1.29 is 4.79 Å². The number of aromatic nitrogens is 4. The minimum Gasteiger partial charge on any atom is -0.294 e. The third-order valence-electron chi connectivity index (χ3n) is 4.19. The van der Waals surface area contributed by atoms with E-state index in [4.69, 9.17) is 0 Å². The number of carbonyl (C=O) groups is 1.